The summed E-state index contributed by atoms with van der Waals surface area (Å²) in [4.78, 5) is 12.5. The summed E-state index contributed by atoms with van der Waals surface area (Å²) in [5.74, 6) is -0.813. The van der Waals surface area contributed by atoms with Gasteiger partial charge in [0.1, 0.15) is 17.2 Å². The van der Waals surface area contributed by atoms with E-state index in [1.54, 1.807) is 6.07 Å². The van der Waals surface area contributed by atoms with Crippen molar-refractivity contribution in [3.05, 3.63) is 52.3 Å². The van der Waals surface area contributed by atoms with Crippen LogP contribution in [0.3, 0.4) is 0 Å². The summed E-state index contributed by atoms with van der Waals surface area (Å²) in [6, 6.07) is 8.53. The van der Waals surface area contributed by atoms with Gasteiger partial charge in [-0.25, -0.2) is 12.8 Å². The van der Waals surface area contributed by atoms with Gasteiger partial charge in [-0.3, -0.25) is 13.9 Å². The number of unbranched alkanes of at least 4 members (excludes halogenated alkanes) is 1. The highest BCUT2D eigenvalue weighted by Gasteiger charge is 2.23. The van der Waals surface area contributed by atoms with Crippen LogP contribution in [-0.2, 0) is 10.0 Å². The molecule has 160 valence electrons. The molecule has 3 rings (SSSR count). The molecule has 30 heavy (non-hydrogen) atoms. The lowest BCUT2D eigenvalue weighted by atomic mass is 10.0. The Morgan fingerprint density at radius 3 is 2.50 bits per heavy atom. The number of sulfonamides is 1. The SMILES string of the molecule is CNC(=O)c1c(-c2ccc(F)cc2)oc2cc(NS(=O)(=O)CCCCF)c(Br)cc12. The average molecular weight is 501 g/mol. The zero-order valence-corrected chi connectivity index (χ0v) is 18.4. The topological polar surface area (TPSA) is 88.4 Å². The van der Waals surface area contributed by atoms with Crippen molar-refractivity contribution in [2.24, 2.45) is 0 Å². The van der Waals surface area contributed by atoms with Gasteiger partial charge in [0, 0.05) is 28.5 Å². The van der Waals surface area contributed by atoms with E-state index in [0.717, 1.165) is 0 Å². The van der Waals surface area contributed by atoms with Gasteiger partial charge in [0.15, 0.2) is 0 Å². The first kappa shape index (κ1) is 22.2. The highest BCUT2D eigenvalue weighted by molar-refractivity contribution is 9.10. The lowest BCUT2D eigenvalue weighted by Crippen LogP contribution is -2.18. The number of rotatable bonds is 8. The van der Waals surface area contributed by atoms with Crippen molar-refractivity contribution < 1.29 is 26.4 Å². The maximum atomic E-state index is 13.3. The van der Waals surface area contributed by atoms with Crippen LogP contribution in [0.2, 0.25) is 0 Å². The molecule has 10 heteroatoms. The second-order valence-electron chi connectivity index (χ2n) is 6.54. The number of benzene rings is 2. The van der Waals surface area contributed by atoms with E-state index >= 15 is 0 Å². The molecule has 0 aliphatic rings. The molecule has 1 heterocycles. The van der Waals surface area contributed by atoms with Crippen molar-refractivity contribution in [3.8, 4) is 11.3 Å². The molecule has 0 radical (unpaired) electrons. The standard InChI is InChI=1S/C20H19BrF2N2O4S/c1-24-20(26)18-14-10-15(21)16(25-30(27,28)9-3-2-8-22)11-17(14)29-19(18)12-4-6-13(23)7-5-12/h4-7,10-11,25H,2-3,8-9H2,1H3,(H,24,26). The van der Waals surface area contributed by atoms with Crippen LogP contribution in [0.5, 0.6) is 0 Å². The van der Waals surface area contributed by atoms with Crippen molar-refractivity contribution in [2.75, 3.05) is 24.2 Å². The summed E-state index contributed by atoms with van der Waals surface area (Å²) in [5, 5.41) is 3.01. The van der Waals surface area contributed by atoms with E-state index in [-0.39, 0.29) is 41.2 Å². The van der Waals surface area contributed by atoms with Crippen LogP contribution in [0.1, 0.15) is 23.2 Å². The Morgan fingerprint density at radius 2 is 1.87 bits per heavy atom. The molecule has 0 fully saturated rings. The smallest absolute Gasteiger partial charge is 0.255 e. The number of nitrogens with one attached hydrogen (secondary N) is 2. The number of anilines is 1. The van der Waals surface area contributed by atoms with E-state index in [4.69, 9.17) is 4.42 Å². The zero-order valence-electron chi connectivity index (χ0n) is 16.0. The third-order valence-electron chi connectivity index (χ3n) is 4.40. The number of hydrogen-bond donors (Lipinski definition) is 2. The minimum atomic E-state index is -3.69. The predicted octanol–water partition coefficient (Wildman–Crippen LogP) is 4.85. The first-order valence-corrected chi connectivity index (χ1v) is 11.5. The Labute approximate surface area is 180 Å². The summed E-state index contributed by atoms with van der Waals surface area (Å²) >= 11 is 3.32. The number of furan rings is 1. The Morgan fingerprint density at radius 1 is 1.17 bits per heavy atom. The van der Waals surface area contributed by atoms with Crippen molar-refractivity contribution in [3.63, 3.8) is 0 Å². The van der Waals surface area contributed by atoms with Crippen molar-refractivity contribution in [2.45, 2.75) is 12.8 Å². The van der Waals surface area contributed by atoms with Gasteiger partial charge in [-0.2, -0.15) is 0 Å². The maximum Gasteiger partial charge on any atom is 0.255 e. The van der Waals surface area contributed by atoms with Gasteiger partial charge in [0.25, 0.3) is 5.91 Å². The number of carbonyl (C=O) groups excluding carboxylic acids is 1. The van der Waals surface area contributed by atoms with Gasteiger partial charge in [0.05, 0.1) is 23.7 Å². The van der Waals surface area contributed by atoms with Gasteiger partial charge in [-0.1, -0.05) is 0 Å². The normalized spacial score (nSPS) is 11.6. The van der Waals surface area contributed by atoms with Crippen molar-refractivity contribution in [1.29, 1.82) is 0 Å². The lowest BCUT2D eigenvalue weighted by molar-refractivity contribution is 0.0964. The fraction of sp³-hybridized carbons (Fsp3) is 0.250. The molecule has 0 aliphatic heterocycles. The largest absolute Gasteiger partial charge is 0.455 e. The molecule has 0 saturated heterocycles. The summed E-state index contributed by atoms with van der Waals surface area (Å²) in [6.45, 7) is -0.577. The van der Waals surface area contributed by atoms with Crippen molar-refractivity contribution >= 4 is 48.5 Å². The first-order valence-electron chi connectivity index (χ1n) is 9.06. The van der Waals surface area contributed by atoms with E-state index in [2.05, 4.69) is 26.0 Å². The Kier molecular flexibility index (Phi) is 6.77. The predicted molar refractivity (Wildman–Crippen MR) is 115 cm³/mol. The molecule has 1 amide bonds. The number of amides is 1. The monoisotopic (exact) mass is 500 g/mol. The van der Waals surface area contributed by atoms with Crippen LogP contribution in [0.15, 0.2) is 45.3 Å². The summed E-state index contributed by atoms with van der Waals surface area (Å²) in [6.07, 6.45) is 0.359. The third kappa shape index (κ3) is 4.81. The highest BCUT2D eigenvalue weighted by atomic mass is 79.9. The minimum absolute atomic E-state index is 0.163. The number of carbonyl (C=O) groups is 1. The fourth-order valence-electron chi connectivity index (χ4n) is 2.95. The van der Waals surface area contributed by atoms with Crippen LogP contribution < -0.4 is 10.0 Å². The summed E-state index contributed by atoms with van der Waals surface area (Å²) in [7, 11) is -2.21. The third-order valence-corrected chi connectivity index (χ3v) is 6.41. The quantitative estimate of drug-likeness (QED) is 0.432. The maximum absolute atomic E-state index is 13.3. The molecule has 0 unspecified atom stereocenters. The molecule has 2 aromatic carbocycles. The van der Waals surface area contributed by atoms with Gasteiger partial charge in [-0.15, -0.1) is 0 Å². The molecule has 0 aliphatic carbocycles. The first-order chi connectivity index (χ1) is 14.3. The van der Waals surface area contributed by atoms with Gasteiger partial charge in [0.2, 0.25) is 10.0 Å². The summed E-state index contributed by atoms with van der Waals surface area (Å²) in [5.41, 5.74) is 1.25. The molecular weight excluding hydrogens is 482 g/mol. The molecule has 1 aromatic heterocycles. The number of hydrogen-bond acceptors (Lipinski definition) is 4. The lowest BCUT2D eigenvalue weighted by Gasteiger charge is -2.09. The molecule has 0 spiro atoms. The molecule has 0 saturated carbocycles. The zero-order chi connectivity index (χ0) is 21.9. The second-order valence-corrected chi connectivity index (χ2v) is 9.23. The number of fused-ring (bicyclic) bond motifs is 1. The van der Waals surface area contributed by atoms with Gasteiger partial charge < -0.3 is 9.73 Å². The molecule has 2 N–H and O–H groups in total. The Bertz CT molecular complexity index is 1180. The molecule has 0 bridgehead atoms. The van der Waals surface area contributed by atoms with Crippen LogP contribution in [0, 0.1) is 5.82 Å². The Balaban J connectivity index is 2.08. The highest BCUT2D eigenvalue weighted by Crippen LogP contribution is 2.38. The van der Waals surface area contributed by atoms with Crippen LogP contribution in [0.25, 0.3) is 22.3 Å². The van der Waals surface area contributed by atoms with Crippen LogP contribution >= 0.6 is 15.9 Å². The van der Waals surface area contributed by atoms with Gasteiger partial charge in [-0.05, 0) is 59.1 Å². The van der Waals surface area contributed by atoms with E-state index in [1.165, 1.54) is 37.4 Å². The summed E-state index contributed by atoms with van der Waals surface area (Å²) < 4.78 is 58.8. The average Bonchev–Trinajstić information content (AvgIpc) is 3.06. The van der Waals surface area contributed by atoms with E-state index in [1.807, 2.05) is 0 Å². The van der Waals surface area contributed by atoms with Crippen molar-refractivity contribution in [1.82, 2.24) is 5.32 Å². The minimum Gasteiger partial charge on any atom is -0.455 e. The molecule has 3 aromatic rings. The van der Waals surface area contributed by atoms with Gasteiger partial charge >= 0.3 is 0 Å². The molecule has 0 atom stereocenters. The van der Waals surface area contributed by atoms with E-state index < -0.39 is 28.4 Å². The number of alkyl halides is 1. The Hall–Kier alpha value is -2.46. The molecule has 6 nitrogen and oxygen atoms in total. The van der Waals surface area contributed by atoms with E-state index in [0.29, 0.717) is 15.4 Å². The van der Waals surface area contributed by atoms with Crippen LogP contribution in [-0.4, -0.2) is 33.8 Å². The fourth-order valence-corrected chi connectivity index (χ4v) is 4.72. The number of halogens is 3. The second kappa shape index (κ2) is 9.13. The van der Waals surface area contributed by atoms with Crippen LogP contribution in [0.4, 0.5) is 14.5 Å². The molecular formula is C20H19BrF2N2O4S. The van der Waals surface area contributed by atoms with E-state index in [9.17, 15) is 22.0 Å².